The molecule has 0 bridgehead atoms. The number of hydrogen-bond donors (Lipinski definition) is 1. The molecule has 1 unspecified atom stereocenters. The number of nitrogens with two attached hydrogens (primary N) is 1. The van der Waals surface area contributed by atoms with Gasteiger partial charge in [0.2, 0.25) is 0 Å². The zero-order valence-corrected chi connectivity index (χ0v) is 11.3. The fraction of sp³-hybridized carbons (Fsp3) is 0.600. The molecule has 1 heteroatoms. The molecule has 92 valence electrons. The van der Waals surface area contributed by atoms with Crippen LogP contribution in [0.5, 0.6) is 0 Å². The third-order valence-corrected chi connectivity index (χ3v) is 2.73. The van der Waals surface area contributed by atoms with Crippen LogP contribution in [0.2, 0.25) is 0 Å². The third kappa shape index (κ3) is 8.49. The van der Waals surface area contributed by atoms with Crippen molar-refractivity contribution in [2.45, 2.75) is 58.9 Å². The smallest absolute Gasteiger partial charge is 0.0310 e. The summed E-state index contributed by atoms with van der Waals surface area (Å²) in [4.78, 5) is 0. The summed E-state index contributed by atoms with van der Waals surface area (Å²) in [6.07, 6.45) is 10.7. The van der Waals surface area contributed by atoms with Crippen LogP contribution in [-0.4, -0.2) is 5.54 Å². The summed E-state index contributed by atoms with van der Waals surface area (Å²) in [7, 11) is 0. The van der Waals surface area contributed by atoms with Crippen LogP contribution in [0.15, 0.2) is 36.0 Å². The summed E-state index contributed by atoms with van der Waals surface area (Å²) in [5, 5.41) is 0. The fourth-order valence-corrected chi connectivity index (χ4v) is 1.42. The lowest BCUT2D eigenvalue weighted by atomic mass is 9.96. The van der Waals surface area contributed by atoms with Crippen LogP contribution < -0.4 is 5.73 Å². The molecule has 0 saturated carbocycles. The van der Waals surface area contributed by atoms with Gasteiger partial charge < -0.3 is 5.73 Å². The molecule has 0 aliphatic rings. The van der Waals surface area contributed by atoms with E-state index in [4.69, 9.17) is 5.73 Å². The van der Waals surface area contributed by atoms with E-state index in [2.05, 4.69) is 39.5 Å². The second-order valence-corrected chi connectivity index (χ2v) is 5.12. The van der Waals surface area contributed by atoms with E-state index >= 15 is 0 Å². The van der Waals surface area contributed by atoms with Crippen molar-refractivity contribution >= 4 is 0 Å². The lowest BCUT2D eigenvalue weighted by Crippen LogP contribution is -2.32. The van der Waals surface area contributed by atoms with E-state index in [1.165, 1.54) is 11.1 Å². The molecule has 0 heterocycles. The second-order valence-electron chi connectivity index (χ2n) is 5.12. The van der Waals surface area contributed by atoms with Crippen molar-refractivity contribution in [1.82, 2.24) is 0 Å². The van der Waals surface area contributed by atoms with Crippen molar-refractivity contribution in [2.75, 3.05) is 0 Å². The molecule has 0 aromatic carbocycles. The molecule has 1 nitrogen and oxygen atoms in total. The fourth-order valence-electron chi connectivity index (χ4n) is 1.42. The van der Waals surface area contributed by atoms with Crippen LogP contribution in [-0.2, 0) is 0 Å². The zero-order chi connectivity index (χ0) is 12.6. The molecular weight excluding hydrogens is 194 g/mol. The summed E-state index contributed by atoms with van der Waals surface area (Å²) in [6.45, 7) is 12.2. The van der Waals surface area contributed by atoms with Gasteiger partial charge >= 0.3 is 0 Å². The summed E-state index contributed by atoms with van der Waals surface area (Å²) >= 11 is 0. The predicted molar refractivity (Wildman–Crippen MR) is 74.4 cm³/mol. The molecule has 0 radical (unpaired) electrons. The van der Waals surface area contributed by atoms with E-state index in [0.717, 1.165) is 25.7 Å². The van der Waals surface area contributed by atoms with Crippen molar-refractivity contribution in [3.8, 4) is 0 Å². The average molecular weight is 221 g/mol. The lowest BCUT2D eigenvalue weighted by Gasteiger charge is -2.18. The standard InChI is InChI=1S/C15H27N/c1-6-15(5,16)12-8-11-14(4)10-7-9-13(2)3/h6,9,11H,1,7-8,10,12,16H2,2-5H3/b14-11+. The van der Waals surface area contributed by atoms with Gasteiger partial charge in [0.15, 0.2) is 0 Å². The largest absolute Gasteiger partial charge is 0.322 e. The number of allylic oxidation sites excluding steroid dienone is 4. The quantitative estimate of drug-likeness (QED) is 0.635. The molecule has 0 amide bonds. The van der Waals surface area contributed by atoms with Gasteiger partial charge in [0.1, 0.15) is 0 Å². The highest BCUT2D eigenvalue weighted by Crippen LogP contribution is 2.13. The van der Waals surface area contributed by atoms with Gasteiger partial charge in [-0.3, -0.25) is 0 Å². The molecule has 0 aliphatic carbocycles. The van der Waals surface area contributed by atoms with Gasteiger partial charge in [-0.05, 0) is 53.4 Å². The van der Waals surface area contributed by atoms with E-state index in [1.807, 2.05) is 13.0 Å². The molecule has 16 heavy (non-hydrogen) atoms. The Bertz CT molecular complexity index is 265. The van der Waals surface area contributed by atoms with E-state index in [0.29, 0.717) is 0 Å². The molecular formula is C15H27N. The number of rotatable bonds is 7. The maximum absolute atomic E-state index is 5.99. The molecule has 0 aromatic rings. The van der Waals surface area contributed by atoms with Crippen molar-refractivity contribution < 1.29 is 0 Å². The highest BCUT2D eigenvalue weighted by molar-refractivity contribution is 5.04. The summed E-state index contributed by atoms with van der Waals surface area (Å²) in [6, 6.07) is 0. The van der Waals surface area contributed by atoms with Gasteiger partial charge in [-0.25, -0.2) is 0 Å². The Morgan fingerprint density at radius 2 is 1.81 bits per heavy atom. The first-order valence-corrected chi connectivity index (χ1v) is 6.09. The Hall–Kier alpha value is -0.820. The molecule has 1 atom stereocenters. The predicted octanol–water partition coefficient (Wildman–Crippen LogP) is 4.36. The van der Waals surface area contributed by atoms with Crippen LogP contribution >= 0.6 is 0 Å². The van der Waals surface area contributed by atoms with Crippen molar-refractivity contribution in [3.05, 3.63) is 36.0 Å². The van der Waals surface area contributed by atoms with Crippen LogP contribution in [0.25, 0.3) is 0 Å². The average Bonchev–Trinajstić information content (AvgIpc) is 2.17. The normalized spacial score (nSPS) is 15.4. The van der Waals surface area contributed by atoms with E-state index in [9.17, 15) is 0 Å². The Balaban J connectivity index is 3.88. The molecule has 0 saturated heterocycles. The van der Waals surface area contributed by atoms with Crippen molar-refractivity contribution in [1.29, 1.82) is 0 Å². The molecule has 0 spiro atoms. The Morgan fingerprint density at radius 1 is 1.19 bits per heavy atom. The molecule has 0 aromatic heterocycles. The lowest BCUT2D eigenvalue weighted by molar-refractivity contribution is 0.539. The van der Waals surface area contributed by atoms with Gasteiger partial charge in [-0.2, -0.15) is 0 Å². The minimum Gasteiger partial charge on any atom is -0.322 e. The molecule has 0 fully saturated rings. The minimum absolute atomic E-state index is 0.226. The van der Waals surface area contributed by atoms with Crippen LogP contribution in [0, 0.1) is 0 Å². The summed E-state index contributed by atoms with van der Waals surface area (Å²) in [5.74, 6) is 0. The summed E-state index contributed by atoms with van der Waals surface area (Å²) < 4.78 is 0. The monoisotopic (exact) mass is 221 g/mol. The van der Waals surface area contributed by atoms with E-state index < -0.39 is 0 Å². The first-order valence-electron chi connectivity index (χ1n) is 6.09. The Kier molecular flexibility index (Phi) is 7.07. The van der Waals surface area contributed by atoms with E-state index in [1.54, 1.807) is 0 Å². The van der Waals surface area contributed by atoms with Gasteiger partial charge in [-0.15, -0.1) is 6.58 Å². The number of hydrogen-bond acceptors (Lipinski definition) is 1. The zero-order valence-electron chi connectivity index (χ0n) is 11.3. The Labute approximate surface area is 101 Å². The second kappa shape index (κ2) is 7.45. The van der Waals surface area contributed by atoms with Crippen LogP contribution in [0.1, 0.15) is 53.4 Å². The van der Waals surface area contributed by atoms with Gasteiger partial charge in [-0.1, -0.05) is 29.4 Å². The van der Waals surface area contributed by atoms with Crippen LogP contribution in [0.3, 0.4) is 0 Å². The van der Waals surface area contributed by atoms with Crippen LogP contribution in [0.4, 0.5) is 0 Å². The molecule has 0 aliphatic heterocycles. The Morgan fingerprint density at radius 3 is 2.31 bits per heavy atom. The van der Waals surface area contributed by atoms with E-state index in [-0.39, 0.29) is 5.54 Å². The summed E-state index contributed by atoms with van der Waals surface area (Å²) in [5.41, 5.74) is 8.61. The highest BCUT2D eigenvalue weighted by atomic mass is 14.7. The first-order chi connectivity index (χ1) is 7.37. The third-order valence-electron chi connectivity index (χ3n) is 2.73. The molecule has 0 rings (SSSR count). The van der Waals surface area contributed by atoms with Gasteiger partial charge in [0.05, 0.1) is 0 Å². The first kappa shape index (κ1) is 15.2. The maximum atomic E-state index is 5.99. The topological polar surface area (TPSA) is 26.0 Å². The minimum atomic E-state index is -0.226. The SMILES string of the molecule is C=CC(C)(N)CC/C=C(\C)CCC=C(C)C. The van der Waals surface area contributed by atoms with Gasteiger partial charge in [0, 0.05) is 5.54 Å². The van der Waals surface area contributed by atoms with Crippen molar-refractivity contribution in [3.63, 3.8) is 0 Å². The maximum Gasteiger partial charge on any atom is 0.0310 e. The molecule has 2 N–H and O–H groups in total. The van der Waals surface area contributed by atoms with Gasteiger partial charge in [0.25, 0.3) is 0 Å². The van der Waals surface area contributed by atoms with Crippen molar-refractivity contribution in [2.24, 2.45) is 5.73 Å². The highest BCUT2D eigenvalue weighted by Gasteiger charge is 2.10.